The number of aliphatic hydroxyl groups is 1. The highest BCUT2D eigenvalue weighted by atomic mass is 16.3. The molecule has 3 heteroatoms. The first-order chi connectivity index (χ1) is 6.50. The number of likely N-dealkylation sites (tertiary alicyclic amines) is 1. The van der Waals surface area contributed by atoms with Crippen LogP contribution in [0.1, 0.15) is 40.0 Å². The van der Waals surface area contributed by atoms with Crippen LogP contribution in [0.15, 0.2) is 0 Å². The van der Waals surface area contributed by atoms with Crippen LogP contribution >= 0.6 is 0 Å². The summed E-state index contributed by atoms with van der Waals surface area (Å²) in [4.78, 5) is 2.41. The van der Waals surface area contributed by atoms with Gasteiger partial charge in [-0.25, -0.2) is 0 Å². The van der Waals surface area contributed by atoms with Crippen molar-refractivity contribution in [2.75, 3.05) is 13.1 Å². The van der Waals surface area contributed by atoms with Crippen molar-refractivity contribution in [3.8, 4) is 0 Å². The fraction of sp³-hybridized carbons (Fsp3) is 1.00. The Bertz CT molecular complexity index is 182. The molecule has 0 aromatic rings. The third kappa shape index (κ3) is 2.69. The number of hydrogen-bond donors (Lipinski definition) is 2. The molecule has 1 fully saturated rings. The summed E-state index contributed by atoms with van der Waals surface area (Å²) >= 11 is 0. The van der Waals surface area contributed by atoms with Crippen molar-refractivity contribution >= 4 is 0 Å². The molecule has 0 aliphatic carbocycles. The molecule has 14 heavy (non-hydrogen) atoms. The zero-order valence-corrected chi connectivity index (χ0v) is 9.66. The van der Waals surface area contributed by atoms with Crippen molar-refractivity contribution in [1.29, 1.82) is 0 Å². The lowest BCUT2D eigenvalue weighted by atomic mass is 10.1. The van der Waals surface area contributed by atoms with Gasteiger partial charge in [-0.15, -0.1) is 0 Å². The first-order valence-electron chi connectivity index (χ1n) is 5.68. The van der Waals surface area contributed by atoms with Crippen molar-refractivity contribution in [2.45, 2.75) is 57.7 Å². The van der Waals surface area contributed by atoms with Crippen LogP contribution in [0.25, 0.3) is 0 Å². The van der Waals surface area contributed by atoms with Crippen LogP contribution in [-0.2, 0) is 0 Å². The fourth-order valence-corrected chi connectivity index (χ4v) is 2.31. The summed E-state index contributed by atoms with van der Waals surface area (Å²) in [6.07, 6.45) is 3.68. The van der Waals surface area contributed by atoms with Crippen LogP contribution in [-0.4, -0.2) is 40.8 Å². The molecule has 1 aliphatic rings. The van der Waals surface area contributed by atoms with E-state index in [-0.39, 0.29) is 0 Å². The second kappa shape index (κ2) is 4.60. The Kier molecular flexibility index (Phi) is 3.93. The van der Waals surface area contributed by atoms with Gasteiger partial charge in [-0.3, -0.25) is 4.90 Å². The Morgan fingerprint density at radius 3 is 2.64 bits per heavy atom. The predicted molar refractivity (Wildman–Crippen MR) is 59.2 cm³/mol. The SMILES string of the molecule is CCC1CCC(C)N1CC(C)(O)CN. The minimum atomic E-state index is -0.730. The van der Waals surface area contributed by atoms with Crippen LogP contribution in [0.2, 0.25) is 0 Å². The van der Waals surface area contributed by atoms with Crippen LogP contribution in [0.3, 0.4) is 0 Å². The second-order valence-electron chi connectivity index (χ2n) is 4.86. The lowest BCUT2D eigenvalue weighted by molar-refractivity contribution is 0.0120. The van der Waals surface area contributed by atoms with E-state index in [0.717, 1.165) is 0 Å². The van der Waals surface area contributed by atoms with Crippen LogP contribution in [0.4, 0.5) is 0 Å². The highest BCUT2D eigenvalue weighted by Gasteiger charge is 2.33. The average molecular weight is 200 g/mol. The molecule has 0 amide bonds. The lowest BCUT2D eigenvalue weighted by Crippen LogP contribution is -2.49. The molecule has 1 saturated heterocycles. The van der Waals surface area contributed by atoms with Gasteiger partial charge in [0, 0.05) is 25.2 Å². The molecule has 1 heterocycles. The van der Waals surface area contributed by atoms with Crippen molar-refractivity contribution in [3.63, 3.8) is 0 Å². The minimum Gasteiger partial charge on any atom is -0.388 e. The van der Waals surface area contributed by atoms with E-state index in [1.807, 2.05) is 6.92 Å². The summed E-state index contributed by atoms with van der Waals surface area (Å²) in [5.74, 6) is 0. The topological polar surface area (TPSA) is 49.5 Å². The van der Waals surface area contributed by atoms with Gasteiger partial charge in [0.2, 0.25) is 0 Å². The Balaban J connectivity index is 2.56. The Morgan fingerprint density at radius 2 is 2.14 bits per heavy atom. The van der Waals surface area contributed by atoms with Gasteiger partial charge >= 0.3 is 0 Å². The average Bonchev–Trinajstić information content (AvgIpc) is 2.48. The summed E-state index contributed by atoms with van der Waals surface area (Å²) in [5.41, 5.74) is 4.81. The third-order valence-electron chi connectivity index (χ3n) is 3.39. The maximum atomic E-state index is 9.95. The number of β-amino-alcohol motifs (C(OH)–C–C–N with tert-alkyl or cyclic N) is 1. The molecular weight excluding hydrogens is 176 g/mol. The maximum Gasteiger partial charge on any atom is 0.0867 e. The van der Waals surface area contributed by atoms with Gasteiger partial charge in [-0.2, -0.15) is 0 Å². The summed E-state index contributed by atoms with van der Waals surface area (Å²) in [6, 6.07) is 1.24. The number of nitrogens with zero attached hydrogens (tertiary/aromatic N) is 1. The van der Waals surface area contributed by atoms with Crippen LogP contribution in [0, 0.1) is 0 Å². The molecule has 0 spiro atoms. The Labute approximate surface area is 87.3 Å². The predicted octanol–water partition coefficient (Wildman–Crippen LogP) is 0.959. The Morgan fingerprint density at radius 1 is 1.50 bits per heavy atom. The van der Waals surface area contributed by atoms with E-state index in [1.54, 1.807) is 0 Å². The molecule has 3 atom stereocenters. The highest BCUT2D eigenvalue weighted by Crippen LogP contribution is 2.27. The van der Waals surface area contributed by atoms with E-state index in [4.69, 9.17) is 5.73 Å². The third-order valence-corrected chi connectivity index (χ3v) is 3.39. The zero-order chi connectivity index (χ0) is 10.8. The molecular formula is C11H24N2O. The van der Waals surface area contributed by atoms with Gasteiger partial charge in [0.1, 0.15) is 0 Å². The summed E-state index contributed by atoms with van der Waals surface area (Å²) < 4.78 is 0. The van der Waals surface area contributed by atoms with Gasteiger partial charge in [-0.1, -0.05) is 6.92 Å². The monoisotopic (exact) mass is 200 g/mol. The van der Waals surface area contributed by atoms with Crippen LogP contribution < -0.4 is 5.73 Å². The Hall–Kier alpha value is -0.120. The van der Waals surface area contributed by atoms with E-state index < -0.39 is 5.60 Å². The summed E-state index contributed by atoms with van der Waals surface area (Å²) in [6.45, 7) is 7.33. The standard InChI is InChI=1S/C11H24N2O/c1-4-10-6-5-9(2)13(10)8-11(3,14)7-12/h9-10,14H,4-8,12H2,1-3H3. The van der Waals surface area contributed by atoms with E-state index >= 15 is 0 Å². The summed E-state index contributed by atoms with van der Waals surface area (Å²) in [5, 5.41) is 9.95. The largest absolute Gasteiger partial charge is 0.388 e. The number of rotatable bonds is 4. The lowest BCUT2D eigenvalue weighted by Gasteiger charge is -2.34. The molecule has 84 valence electrons. The first kappa shape index (κ1) is 12.0. The van der Waals surface area contributed by atoms with E-state index in [2.05, 4.69) is 18.7 Å². The molecule has 3 N–H and O–H groups in total. The molecule has 1 rings (SSSR count). The minimum absolute atomic E-state index is 0.340. The molecule has 0 bridgehead atoms. The smallest absolute Gasteiger partial charge is 0.0867 e. The molecule has 0 aromatic heterocycles. The second-order valence-corrected chi connectivity index (χ2v) is 4.86. The number of hydrogen-bond acceptors (Lipinski definition) is 3. The van der Waals surface area contributed by atoms with Crippen molar-refractivity contribution in [1.82, 2.24) is 4.90 Å². The zero-order valence-electron chi connectivity index (χ0n) is 9.66. The van der Waals surface area contributed by atoms with E-state index in [0.29, 0.717) is 25.2 Å². The molecule has 0 aromatic carbocycles. The van der Waals surface area contributed by atoms with Gasteiger partial charge in [0.05, 0.1) is 5.60 Å². The number of nitrogens with two attached hydrogens (primary N) is 1. The van der Waals surface area contributed by atoms with Gasteiger partial charge in [-0.05, 0) is 33.1 Å². The van der Waals surface area contributed by atoms with Gasteiger partial charge < -0.3 is 10.8 Å². The molecule has 0 saturated carbocycles. The van der Waals surface area contributed by atoms with E-state index in [1.165, 1.54) is 19.3 Å². The first-order valence-corrected chi connectivity index (χ1v) is 5.68. The van der Waals surface area contributed by atoms with Crippen LogP contribution in [0.5, 0.6) is 0 Å². The molecule has 0 radical (unpaired) electrons. The molecule has 3 unspecified atom stereocenters. The van der Waals surface area contributed by atoms with Gasteiger partial charge in [0.15, 0.2) is 0 Å². The van der Waals surface area contributed by atoms with Gasteiger partial charge in [0.25, 0.3) is 0 Å². The highest BCUT2D eigenvalue weighted by molar-refractivity contribution is 4.89. The molecule has 3 nitrogen and oxygen atoms in total. The maximum absolute atomic E-state index is 9.95. The van der Waals surface area contributed by atoms with Crippen molar-refractivity contribution in [2.24, 2.45) is 5.73 Å². The molecule has 1 aliphatic heterocycles. The quantitative estimate of drug-likeness (QED) is 0.710. The normalized spacial score (nSPS) is 33.2. The van der Waals surface area contributed by atoms with E-state index in [9.17, 15) is 5.11 Å². The summed E-state index contributed by atoms with van der Waals surface area (Å²) in [7, 11) is 0. The fourth-order valence-electron chi connectivity index (χ4n) is 2.31. The van der Waals surface area contributed by atoms with Crippen molar-refractivity contribution < 1.29 is 5.11 Å². The van der Waals surface area contributed by atoms with Crippen molar-refractivity contribution in [3.05, 3.63) is 0 Å².